The number of anilines is 3. The van der Waals surface area contributed by atoms with Crippen LogP contribution in [0.3, 0.4) is 0 Å². The van der Waals surface area contributed by atoms with Crippen molar-refractivity contribution in [1.29, 1.82) is 0 Å². The first kappa shape index (κ1) is 20.1. The smallest absolute Gasteiger partial charge is 0.376 e. The first-order valence-corrected chi connectivity index (χ1v) is 8.53. The number of nitrogens with zero attached hydrogens (tertiary/aromatic N) is 4. The monoisotopic (exact) mass is 434 g/mol. The van der Waals surface area contributed by atoms with Crippen molar-refractivity contribution in [2.24, 2.45) is 0 Å². The molecule has 2 N–H and O–H groups in total. The van der Waals surface area contributed by atoms with Crippen molar-refractivity contribution >= 4 is 17.1 Å². The molecule has 0 atom stereocenters. The molecule has 0 aliphatic heterocycles. The molecule has 0 aliphatic carbocycles. The highest BCUT2D eigenvalue weighted by Crippen LogP contribution is 2.30. The van der Waals surface area contributed by atoms with Gasteiger partial charge in [-0.15, -0.1) is 0 Å². The fourth-order valence-corrected chi connectivity index (χ4v) is 2.66. The van der Waals surface area contributed by atoms with Gasteiger partial charge in [0, 0.05) is 17.7 Å². The molecular formula is C18H10F4N6O3. The van der Waals surface area contributed by atoms with E-state index in [1.54, 1.807) is 0 Å². The number of hydrogen-bond acceptors (Lipinski definition) is 9. The Morgan fingerprint density at radius 1 is 1.03 bits per heavy atom. The number of nitrogens with one attached hydrogen (secondary N) is 2. The SMILES string of the molecule is O=c1c(NCc2ccc(-c3noc(C(F)(F)F)n3)cc2F)c(Nc2cncnc2)c1=O. The summed E-state index contributed by atoms with van der Waals surface area (Å²) in [6.07, 6.45) is -0.731. The highest BCUT2D eigenvalue weighted by molar-refractivity contribution is 5.78. The zero-order valence-electron chi connectivity index (χ0n) is 15.2. The van der Waals surface area contributed by atoms with Crippen LogP contribution in [0, 0.1) is 5.82 Å². The van der Waals surface area contributed by atoms with Crippen molar-refractivity contribution in [3.8, 4) is 11.4 Å². The third kappa shape index (κ3) is 3.97. The van der Waals surface area contributed by atoms with Gasteiger partial charge in [0.15, 0.2) is 0 Å². The van der Waals surface area contributed by atoms with Gasteiger partial charge in [0.25, 0.3) is 10.9 Å². The van der Waals surface area contributed by atoms with Crippen LogP contribution in [0.2, 0.25) is 0 Å². The highest BCUT2D eigenvalue weighted by Gasteiger charge is 2.38. The van der Waals surface area contributed by atoms with E-state index in [4.69, 9.17) is 0 Å². The number of alkyl halides is 3. The Labute approximate surface area is 169 Å². The van der Waals surface area contributed by atoms with E-state index in [1.165, 1.54) is 30.9 Å². The largest absolute Gasteiger partial charge is 0.471 e. The van der Waals surface area contributed by atoms with Gasteiger partial charge in [-0.3, -0.25) is 9.59 Å². The number of aromatic nitrogens is 4. The van der Waals surface area contributed by atoms with Crippen LogP contribution in [0.5, 0.6) is 0 Å². The van der Waals surface area contributed by atoms with E-state index in [-0.39, 0.29) is 29.0 Å². The summed E-state index contributed by atoms with van der Waals surface area (Å²) < 4.78 is 56.2. The summed E-state index contributed by atoms with van der Waals surface area (Å²) in [6, 6.07) is 3.52. The summed E-state index contributed by atoms with van der Waals surface area (Å²) in [5, 5.41) is 8.58. The minimum absolute atomic E-state index is 0.0108. The molecule has 4 rings (SSSR count). The lowest BCUT2D eigenvalue weighted by Crippen LogP contribution is -2.36. The number of rotatable bonds is 6. The molecular weight excluding hydrogens is 424 g/mol. The van der Waals surface area contributed by atoms with Crippen molar-refractivity contribution in [1.82, 2.24) is 20.1 Å². The molecule has 0 radical (unpaired) electrons. The maximum atomic E-state index is 14.4. The third-order valence-corrected chi connectivity index (χ3v) is 4.18. The van der Waals surface area contributed by atoms with Crippen LogP contribution in [-0.2, 0) is 12.7 Å². The maximum absolute atomic E-state index is 14.4. The molecule has 0 fully saturated rings. The lowest BCUT2D eigenvalue weighted by molar-refractivity contribution is -0.159. The summed E-state index contributed by atoms with van der Waals surface area (Å²) in [5.74, 6) is -2.75. The van der Waals surface area contributed by atoms with Gasteiger partial charge >= 0.3 is 12.1 Å². The van der Waals surface area contributed by atoms with Crippen molar-refractivity contribution in [3.05, 3.63) is 74.6 Å². The average Bonchev–Trinajstić information content (AvgIpc) is 3.25. The molecule has 2 heterocycles. The fraction of sp³-hybridized carbons (Fsp3) is 0.111. The van der Waals surface area contributed by atoms with Crippen LogP contribution >= 0.6 is 0 Å². The first-order valence-electron chi connectivity index (χ1n) is 8.53. The normalized spacial score (nSPS) is 11.6. The molecule has 31 heavy (non-hydrogen) atoms. The summed E-state index contributed by atoms with van der Waals surface area (Å²) in [6.45, 7) is -0.170. The van der Waals surface area contributed by atoms with E-state index in [0.717, 1.165) is 6.07 Å². The first-order chi connectivity index (χ1) is 14.7. The summed E-state index contributed by atoms with van der Waals surface area (Å²) in [7, 11) is 0. The minimum Gasteiger partial charge on any atom is -0.376 e. The lowest BCUT2D eigenvalue weighted by atomic mass is 10.1. The van der Waals surface area contributed by atoms with Crippen LogP contribution in [0.15, 0.2) is 51.0 Å². The Hall–Kier alpha value is -4.16. The molecule has 0 bridgehead atoms. The Morgan fingerprint density at radius 3 is 2.39 bits per heavy atom. The molecule has 2 aromatic carbocycles. The standard InChI is InChI=1S/C18H10F4N6O3/c19-11-3-8(16-27-17(31-28-16)18(20,21)22)1-2-9(11)4-25-12-13(15(30)14(12)29)26-10-5-23-7-24-6-10/h1-3,5-7,25-26H,4H2. The van der Waals surface area contributed by atoms with E-state index >= 15 is 0 Å². The highest BCUT2D eigenvalue weighted by atomic mass is 19.4. The molecule has 0 spiro atoms. The maximum Gasteiger partial charge on any atom is 0.471 e. The molecule has 0 aliphatic rings. The van der Waals surface area contributed by atoms with E-state index in [1.807, 2.05) is 0 Å². The summed E-state index contributed by atoms with van der Waals surface area (Å²) in [5.41, 5.74) is -1.13. The Balaban J connectivity index is 1.49. The van der Waals surface area contributed by atoms with Crippen LogP contribution in [0.1, 0.15) is 11.5 Å². The zero-order valence-corrected chi connectivity index (χ0v) is 15.2. The van der Waals surface area contributed by atoms with E-state index in [2.05, 4.69) is 35.3 Å². The van der Waals surface area contributed by atoms with Crippen molar-refractivity contribution in [2.45, 2.75) is 12.7 Å². The Morgan fingerprint density at radius 2 is 1.74 bits per heavy atom. The zero-order chi connectivity index (χ0) is 22.2. The van der Waals surface area contributed by atoms with Gasteiger partial charge in [-0.05, 0) is 6.07 Å². The molecule has 0 amide bonds. The fourth-order valence-electron chi connectivity index (χ4n) is 2.66. The molecule has 0 saturated heterocycles. The van der Waals surface area contributed by atoms with Gasteiger partial charge in [0.1, 0.15) is 23.5 Å². The Kier molecular flexibility index (Phi) is 4.93. The molecule has 4 aromatic rings. The second-order valence-corrected chi connectivity index (χ2v) is 6.24. The van der Waals surface area contributed by atoms with Gasteiger partial charge in [-0.25, -0.2) is 14.4 Å². The molecule has 0 unspecified atom stereocenters. The van der Waals surface area contributed by atoms with Gasteiger partial charge in [-0.1, -0.05) is 17.3 Å². The number of halogens is 4. The van der Waals surface area contributed by atoms with E-state index in [0.29, 0.717) is 5.69 Å². The molecule has 158 valence electrons. The summed E-state index contributed by atoms with van der Waals surface area (Å²) in [4.78, 5) is 34.4. The quantitative estimate of drug-likeness (QED) is 0.348. The van der Waals surface area contributed by atoms with E-state index < -0.39 is 34.6 Å². The summed E-state index contributed by atoms with van der Waals surface area (Å²) >= 11 is 0. The van der Waals surface area contributed by atoms with Crippen LogP contribution in [0.4, 0.5) is 34.6 Å². The predicted molar refractivity (Wildman–Crippen MR) is 98.7 cm³/mol. The lowest BCUT2D eigenvalue weighted by Gasteiger charge is -2.15. The van der Waals surface area contributed by atoms with Gasteiger partial charge < -0.3 is 15.2 Å². The molecule has 0 saturated carbocycles. The predicted octanol–water partition coefficient (Wildman–Crippen LogP) is 2.64. The molecule has 2 aromatic heterocycles. The Bertz CT molecular complexity index is 1310. The molecule has 9 nitrogen and oxygen atoms in total. The third-order valence-electron chi connectivity index (χ3n) is 4.18. The van der Waals surface area contributed by atoms with Gasteiger partial charge in [-0.2, -0.15) is 18.2 Å². The number of hydrogen-bond donors (Lipinski definition) is 2. The average molecular weight is 434 g/mol. The molecule has 13 heteroatoms. The van der Waals surface area contributed by atoms with Crippen molar-refractivity contribution < 1.29 is 22.1 Å². The van der Waals surface area contributed by atoms with Crippen LogP contribution in [0.25, 0.3) is 11.4 Å². The second kappa shape index (κ2) is 7.59. The van der Waals surface area contributed by atoms with Crippen molar-refractivity contribution in [3.63, 3.8) is 0 Å². The minimum atomic E-state index is -4.81. The van der Waals surface area contributed by atoms with Gasteiger partial charge in [0.05, 0.1) is 18.1 Å². The second-order valence-electron chi connectivity index (χ2n) is 6.24. The topological polar surface area (TPSA) is 123 Å². The van der Waals surface area contributed by atoms with Crippen LogP contribution < -0.4 is 21.5 Å². The van der Waals surface area contributed by atoms with Crippen molar-refractivity contribution in [2.75, 3.05) is 10.6 Å². The van der Waals surface area contributed by atoms with Crippen LogP contribution in [-0.4, -0.2) is 20.1 Å². The van der Waals surface area contributed by atoms with Gasteiger partial charge in [0.2, 0.25) is 5.82 Å². The van der Waals surface area contributed by atoms with E-state index in [9.17, 15) is 27.2 Å². The number of benzene rings is 1.